The minimum absolute atomic E-state index is 0.0533. The number of nitrogens with zero attached hydrogens (tertiary/aromatic N) is 1. The van der Waals surface area contributed by atoms with Crippen molar-refractivity contribution in [1.29, 1.82) is 5.26 Å². The maximum atomic E-state index is 12.1. The van der Waals surface area contributed by atoms with Crippen LogP contribution in [-0.2, 0) is 6.42 Å². The molecule has 1 aromatic carbocycles. The van der Waals surface area contributed by atoms with E-state index in [1.807, 2.05) is 27.7 Å². The molecular weight excluding hydrogens is 240 g/mol. The Morgan fingerprint density at radius 3 is 2.53 bits per heavy atom. The van der Waals surface area contributed by atoms with Gasteiger partial charge in [-0.15, -0.1) is 0 Å². The van der Waals surface area contributed by atoms with Crippen molar-refractivity contribution in [3.63, 3.8) is 0 Å². The fourth-order valence-corrected chi connectivity index (χ4v) is 1.64. The largest absolute Gasteiger partial charge is 0.507 e. The summed E-state index contributed by atoms with van der Waals surface area (Å²) in [7, 11) is 0. The molecule has 0 aromatic heterocycles. The van der Waals surface area contributed by atoms with Crippen molar-refractivity contribution in [1.82, 2.24) is 5.32 Å². The molecule has 1 unspecified atom stereocenters. The summed E-state index contributed by atoms with van der Waals surface area (Å²) in [5.41, 5.74) is 0.798. The molecule has 0 spiro atoms. The summed E-state index contributed by atoms with van der Waals surface area (Å²) >= 11 is 0. The molecule has 0 bridgehead atoms. The predicted molar refractivity (Wildman–Crippen MR) is 73.8 cm³/mol. The highest BCUT2D eigenvalue weighted by Gasteiger charge is 2.27. The number of rotatable bonds is 3. The van der Waals surface area contributed by atoms with Crippen LogP contribution in [0.1, 0.15) is 43.6 Å². The molecule has 0 saturated carbocycles. The number of phenolic OH excluding ortho intramolecular Hbond substituents is 1. The molecule has 0 aliphatic carbocycles. The van der Waals surface area contributed by atoms with Crippen molar-refractivity contribution in [2.75, 3.05) is 0 Å². The normalized spacial score (nSPS) is 12.6. The lowest BCUT2D eigenvalue weighted by Gasteiger charge is -2.25. The summed E-state index contributed by atoms with van der Waals surface area (Å²) < 4.78 is 0. The van der Waals surface area contributed by atoms with E-state index in [0.29, 0.717) is 0 Å². The lowest BCUT2D eigenvalue weighted by molar-refractivity contribution is 0.0919. The molecule has 1 aromatic rings. The number of carbonyl (C=O) groups excluding carboxylic acids is 1. The van der Waals surface area contributed by atoms with Crippen LogP contribution in [0.2, 0.25) is 0 Å². The SMILES string of the molecule is CCc1ccc(C(=O)NC(C#N)C(C)(C)C)c(O)c1. The molecule has 0 aliphatic rings. The molecular formula is C15H20N2O2. The van der Waals surface area contributed by atoms with Crippen LogP contribution >= 0.6 is 0 Å². The van der Waals surface area contributed by atoms with E-state index in [0.717, 1.165) is 12.0 Å². The highest BCUT2D eigenvalue weighted by molar-refractivity contribution is 5.97. The fraction of sp³-hybridized carbons (Fsp3) is 0.467. The van der Waals surface area contributed by atoms with Gasteiger partial charge in [-0.2, -0.15) is 5.26 Å². The van der Waals surface area contributed by atoms with Gasteiger partial charge in [0, 0.05) is 0 Å². The van der Waals surface area contributed by atoms with Gasteiger partial charge in [0.15, 0.2) is 0 Å². The van der Waals surface area contributed by atoms with Crippen LogP contribution in [-0.4, -0.2) is 17.1 Å². The second kappa shape index (κ2) is 5.75. The smallest absolute Gasteiger partial charge is 0.256 e. The van der Waals surface area contributed by atoms with Crippen molar-refractivity contribution in [2.45, 2.75) is 40.2 Å². The molecule has 19 heavy (non-hydrogen) atoms. The maximum Gasteiger partial charge on any atom is 0.256 e. The first-order valence-electron chi connectivity index (χ1n) is 6.32. The number of nitriles is 1. The summed E-state index contributed by atoms with van der Waals surface area (Å²) in [5.74, 6) is -0.482. The van der Waals surface area contributed by atoms with Crippen LogP contribution in [0.15, 0.2) is 18.2 Å². The zero-order chi connectivity index (χ0) is 14.6. The molecule has 0 saturated heterocycles. The molecule has 2 N–H and O–H groups in total. The van der Waals surface area contributed by atoms with Crippen LogP contribution in [0.25, 0.3) is 0 Å². The lowest BCUT2D eigenvalue weighted by atomic mass is 9.87. The number of carbonyl (C=O) groups is 1. The van der Waals surface area contributed by atoms with E-state index in [-0.39, 0.29) is 16.7 Å². The topological polar surface area (TPSA) is 73.1 Å². The Labute approximate surface area is 114 Å². The first-order chi connectivity index (χ1) is 8.79. The van der Waals surface area contributed by atoms with E-state index in [9.17, 15) is 9.90 Å². The summed E-state index contributed by atoms with van der Waals surface area (Å²) in [6.45, 7) is 7.60. The first kappa shape index (κ1) is 15.0. The molecule has 1 rings (SSSR count). The molecule has 4 heteroatoms. The van der Waals surface area contributed by atoms with E-state index in [1.165, 1.54) is 0 Å². The van der Waals surface area contributed by atoms with E-state index in [4.69, 9.17) is 5.26 Å². The Balaban J connectivity index is 2.93. The third kappa shape index (κ3) is 3.72. The molecule has 0 radical (unpaired) electrons. The lowest BCUT2D eigenvalue weighted by Crippen LogP contribution is -2.42. The zero-order valence-electron chi connectivity index (χ0n) is 11.8. The Bertz CT molecular complexity index is 510. The minimum atomic E-state index is -0.606. The Morgan fingerprint density at radius 1 is 1.47 bits per heavy atom. The van der Waals surface area contributed by atoms with Crippen LogP contribution in [0.5, 0.6) is 5.75 Å². The van der Waals surface area contributed by atoms with Crippen LogP contribution in [0.4, 0.5) is 0 Å². The van der Waals surface area contributed by atoms with Crippen molar-refractivity contribution in [2.24, 2.45) is 5.41 Å². The predicted octanol–water partition coefficient (Wildman–Crippen LogP) is 2.62. The number of hydrogen-bond acceptors (Lipinski definition) is 3. The molecule has 0 aliphatic heterocycles. The molecule has 0 fully saturated rings. The van der Waals surface area contributed by atoms with E-state index < -0.39 is 11.9 Å². The number of hydrogen-bond donors (Lipinski definition) is 2. The quantitative estimate of drug-likeness (QED) is 0.877. The van der Waals surface area contributed by atoms with Crippen LogP contribution < -0.4 is 5.32 Å². The highest BCUT2D eigenvalue weighted by Crippen LogP contribution is 2.22. The third-order valence-corrected chi connectivity index (χ3v) is 2.99. The average molecular weight is 260 g/mol. The molecule has 4 nitrogen and oxygen atoms in total. The zero-order valence-corrected chi connectivity index (χ0v) is 11.8. The van der Waals surface area contributed by atoms with E-state index in [2.05, 4.69) is 11.4 Å². The van der Waals surface area contributed by atoms with Crippen LogP contribution in [0, 0.1) is 16.7 Å². The first-order valence-corrected chi connectivity index (χ1v) is 6.32. The summed E-state index contributed by atoms with van der Waals surface area (Å²) in [5, 5.41) is 21.6. The van der Waals surface area contributed by atoms with Gasteiger partial charge < -0.3 is 10.4 Å². The third-order valence-electron chi connectivity index (χ3n) is 2.99. The Morgan fingerprint density at radius 2 is 2.11 bits per heavy atom. The second-order valence-electron chi connectivity index (χ2n) is 5.61. The van der Waals surface area contributed by atoms with Gasteiger partial charge in [0.05, 0.1) is 11.6 Å². The molecule has 102 valence electrons. The monoisotopic (exact) mass is 260 g/mol. The van der Waals surface area contributed by atoms with Crippen LogP contribution in [0.3, 0.4) is 0 Å². The van der Waals surface area contributed by atoms with Gasteiger partial charge in [-0.25, -0.2) is 0 Å². The highest BCUT2D eigenvalue weighted by atomic mass is 16.3. The summed E-state index contributed by atoms with van der Waals surface area (Å²) in [4.78, 5) is 12.1. The van der Waals surface area contributed by atoms with Crippen molar-refractivity contribution in [3.05, 3.63) is 29.3 Å². The number of aromatic hydroxyl groups is 1. The number of amides is 1. The van der Waals surface area contributed by atoms with Gasteiger partial charge >= 0.3 is 0 Å². The molecule has 0 heterocycles. The number of aryl methyl sites for hydroxylation is 1. The van der Waals surface area contributed by atoms with Crippen molar-refractivity contribution in [3.8, 4) is 11.8 Å². The number of nitrogens with one attached hydrogen (secondary N) is 1. The average Bonchev–Trinajstić information content (AvgIpc) is 2.33. The van der Waals surface area contributed by atoms with Gasteiger partial charge in [0.1, 0.15) is 11.8 Å². The Hall–Kier alpha value is -2.02. The van der Waals surface area contributed by atoms with E-state index in [1.54, 1.807) is 18.2 Å². The number of benzene rings is 1. The van der Waals surface area contributed by atoms with Gasteiger partial charge in [-0.1, -0.05) is 33.8 Å². The van der Waals surface area contributed by atoms with Gasteiger partial charge in [-0.3, -0.25) is 4.79 Å². The standard InChI is InChI=1S/C15H20N2O2/c1-5-10-6-7-11(12(18)8-10)14(19)17-13(9-16)15(2,3)4/h6-8,13,18H,5H2,1-4H3,(H,17,19). The molecule has 1 amide bonds. The summed E-state index contributed by atoms with van der Waals surface area (Å²) in [6.07, 6.45) is 0.790. The summed E-state index contributed by atoms with van der Waals surface area (Å²) in [6, 6.07) is 6.42. The minimum Gasteiger partial charge on any atom is -0.507 e. The van der Waals surface area contributed by atoms with Crippen molar-refractivity contribution < 1.29 is 9.90 Å². The van der Waals surface area contributed by atoms with Crippen molar-refractivity contribution >= 4 is 5.91 Å². The second-order valence-corrected chi connectivity index (χ2v) is 5.61. The maximum absolute atomic E-state index is 12.1. The van der Waals surface area contributed by atoms with Gasteiger partial charge in [0.2, 0.25) is 0 Å². The fourth-order valence-electron chi connectivity index (χ4n) is 1.64. The van der Waals surface area contributed by atoms with Gasteiger partial charge in [-0.05, 0) is 29.5 Å². The van der Waals surface area contributed by atoms with E-state index >= 15 is 0 Å². The Kier molecular flexibility index (Phi) is 4.55. The van der Waals surface area contributed by atoms with Gasteiger partial charge in [0.25, 0.3) is 5.91 Å². The molecule has 1 atom stereocenters. The number of phenols is 1.